The molecule has 0 aromatic heterocycles. The third-order valence-electron chi connectivity index (χ3n) is 2.22. The first-order valence-electron chi connectivity index (χ1n) is 4.02. The summed E-state index contributed by atoms with van der Waals surface area (Å²) < 4.78 is 0. The largest absolute Gasteiger partial charge is 0.396 e. The Morgan fingerprint density at radius 2 is 1.75 bits per heavy atom. The molecule has 0 aromatic carbocycles. The molecule has 1 aliphatic rings. The summed E-state index contributed by atoms with van der Waals surface area (Å²) >= 11 is 0. The van der Waals surface area contributed by atoms with Crippen LogP contribution < -0.4 is 5.32 Å². The molecule has 0 unspecified atom stereocenters. The second-order valence-electron chi connectivity index (χ2n) is 3.15. The molecule has 0 saturated carbocycles. The molecular weight excluding hydrogens is 162 g/mol. The molecule has 0 bridgehead atoms. The van der Waals surface area contributed by atoms with Crippen LogP contribution in [0.4, 0.5) is 0 Å². The van der Waals surface area contributed by atoms with Crippen LogP contribution in [0.2, 0.25) is 0 Å². The fourth-order valence-electron chi connectivity index (χ4n) is 1.34. The van der Waals surface area contributed by atoms with Crippen LogP contribution >= 0.6 is 0 Å². The summed E-state index contributed by atoms with van der Waals surface area (Å²) in [5, 5.41) is 39.5. The predicted molar refractivity (Wildman–Crippen MR) is 41.5 cm³/mol. The molecule has 5 nitrogen and oxygen atoms in total. The second kappa shape index (κ2) is 4.15. The molecular formula is C7H15NO4. The van der Waals surface area contributed by atoms with Gasteiger partial charge in [0.25, 0.3) is 0 Å². The lowest BCUT2D eigenvalue weighted by Crippen LogP contribution is -2.42. The van der Waals surface area contributed by atoms with Crippen molar-refractivity contribution in [1.82, 2.24) is 5.32 Å². The quantitative estimate of drug-likeness (QED) is 0.300. The van der Waals surface area contributed by atoms with Gasteiger partial charge in [-0.1, -0.05) is 0 Å². The van der Waals surface area contributed by atoms with Gasteiger partial charge in [0.2, 0.25) is 0 Å². The van der Waals surface area contributed by atoms with E-state index in [1.807, 2.05) is 0 Å². The maximum Gasteiger partial charge on any atom is 0.107 e. The van der Waals surface area contributed by atoms with E-state index in [1.165, 1.54) is 0 Å². The van der Waals surface area contributed by atoms with Crippen LogP contribution in [0, 0.1) is 5.92 Å². The lowest BCUT2D eigenvalue weighted by Gasteiger charge is -2.23. The first kappa shape index (κ1) is 9.88. The Bertz CT molecular complexity index is 141. The summed E-state index contributed by atoms with van der Waals surface area (Å²) in [5.74, 6) is -0.405. The number of β-amino-alcohol motifs (C(OH)–C–C–N with tert-alkyl or cyclic N) is 1. The van der Waals surface area contributed by atoms with Crippen molar-refractivity contribution < 1.29 is 20.4 Å². The lowest BCUT2D eigenvalue weighted by atomic mass is 9.97. The highest BCUT2D eigenvalue weighted by molar-refractivity contribution is 4.86. The molecule has 12 heavy (non-hydrogen) atoms. The second-order valence-corrected chi connectivity index (χ2v) is 3.15. The van der Waals surface area contributed by atoms with Gasteiger partial charge in [0, 0.05) is 25.6 Å². The zero-order valence-electron chi connectivity index (χ0n) is 6.72. The molecule has 5 heteroatoms. The molecule has 1 heterocycles. The first-order valence-corrected chi connectivity index (χ1v) is 4.02. The van der Waals surface area contributed by atoms with Crippen molar-refractivity contribution in [3.05, 3.63) is 0 Å². The summed E-state index contributed by atoms with van der Waals surface area (Å²) in [5.41, 5.74) is 0. The van der Waals surface area contributed by atoms with Gasteiger partial charge in [-0.15, -0.1) is 0 Å². The summed E-state index contributed by atoms with van der Waals surface area (Å²) in [7, 11) is 0. The summed E-state index contributed by atoms with van der Waals surface area (Å²) in [4.78, 5) is 0. The summed E-state index contributed by atoms with van der Waals surface area (Å²) in [6.45, 7) is 0.457. The molecule has 1 aliphatic heterocycles. The van der Waals surface area contributed by atoms with Crippen molar-refractivity contribution in [3.8, 4) is 0 Å². The Hall–Kier alpha value is -0.200. The van der Waals surface area contributed by atoms with Gasteiger partial charge >= 0.3 is 0 Å². The fourth-order valence-corrected chi connectivity index (χ4v) is 1.34. The monoisotopic (exact) mass is 177 g/mol. The van der Waals surface area contributed by atoms with Crippen LogP contribution in [0.25, 0.3) is 0 Å². The molecule has 0 aliphatic carbocycles. The van der Waals surface area contributed by atoms with Crippen molar-refractivity contribution in [1.29, 1.82) is 0 Å². The molecule has 5 N–H and O–H groups in total. The van der Waals surface area contributed by atoms with Crippen LogP contribution in [0.5, 0.6) is 0 Å². The normalized spacial score (nSPS) is 44.0. The van der Waals surface area contributed by atoms with Crippen molar-refractivity contribution in [3.63, 3.8) is 0 Å². The highest BCUT2D eigenvalue weighted by atomic mass is 16.4. The topological polar surface area (TPSA) is 93.0 Å². The zero-order chi connectivity index (χ0) is 9.14. The van der Waals surface area contributed by atoms with Gasteiger partial charge in [0.15, 0.2) is 0 Å². The van der Waals surface area contributed by atoms with Crippen molar-refractivity contribution in [2.45, 2.75) is 18.3 Å². The summed E-state index contributed by atoms with van der Waals surface area (Å²) in [6.07, 6.45) is -3.19. The average Bonchev–Trinajstić information content (AvgIpc) is 2.19. The Balaban J connectivity index is 2.59. The van der Waals surface area contributed by atoms with Gasteiger partial charge in [0.1, 0.15) is 6.10 Å². The fraction of sp³-hybridized carbons (Fsp3) is 1.00. The molecule has 0 spiro atoms. The van der Waals surface area contributed by atoms with E-state index in [1.54, 1.807) is 0 Å². The van der Waals surface area contributed by atoms with Crippen LogP contribution in [0.1, 0.15) is 0 Å². The maximum atomic E-state index is 9.38. The minimum absolute atomic E-state index is 0.196. The maximum absolute atomic E-state index is 9.38. The number of hydrogen-bond acceptors (Lipinski definition) is 5. The summed E-state index contributed by atoms with van der Waals surface area (Å²) in [6, 6.07) is 0. The molecule has 0 amide bonds. The number of hydrogen-bond donors (Lipinski definition) is 5. The number of rotatable bonds is 1. The first-order chi connectivity index (χ1) is 5.66. The van der Waals surface area contributed by atoms with Crippen molar-refractivity contribution >= 4 is 0 Å². The van der Waals surface area contributed by atoms with E-state index >= 15 is 0 Å². The minimum atomic E-state index is -1.17. The van der Waals surface area contributed by atoms with Crippen LogP contribution in [-0.2, 0) is 0 Å². The molecule has 1 rings (SSSR count). The van der Waals surface area contributed by atoms with Crippen molar-refractivity contribution in [2.75, 3.05) is 19.7 Å². The minimum Gasteiger partial charge on any atom is -0.396 e. The van der Waals surface area contributed by atoms with E-state index in [-0.39, 0.29) is 13.2 Å². The average molecular weight is 177 g/mol. The lowest BCUT2D eigenvalue weighted by molar-refractivity contribution is -0.0743. The van der Waals surface area contributed by atoms with Gasteiger partial charge < -0.3 is 25.7 Å². The molecule has 1 fully saturated rings. The van der Waals surface area contributed by atoms with Crippen LogP contribution in [0.3, 0.4) is 0 Å². The van der Waals surface area contributed by atoms with E-state index in [9.17, 15) is 15.3 Å². The van der Waals surface area contributed by atoms with Gasteiger partial charge in [-0.3, -0.25) is 0 Å². The molecule has 0 radical (unpaired) electrons. The molecule has 4 atom stereocenters. The predicted octanol–water partition coefficient (Wildman–Crippen LogP) is -2.72. The Morgan fingerprint density at radius 3 is 2.33 bits per heavy atom. The highest BCUT2D eigenvalue weighted by Crippen LogP contribution is 2.12. The van der Waals surface area contributed by atoms with Crippen molar-refractivity contribution in [2.24, 2.45) is 5.92 Å². The zero-order valence-corrected chi connectivity index (χ0v) is 6.72. The third kappa shape index (κ3) is 1.94. The Kier molecular flexibility index (Phi) is 3.42. The van der Waals surface area contributed by atoms with E-state index < -0.39 is 24.2 Å². The van der Waals surface area contributed by atoms with Gasteiger partial charge in [-0.25, -0.2) is 0 Å². The number of nitrogens with one attached hydrogen (secondary N) is 1. The standard InChI is InChI=1S/C7H15NO4/c9-3-4-1-8-2-5(10)7(12)6(4)11/h4-12H,1-3H2/t4-,5+,6-,7-/m0/s1. The van der Waals surface area contributed by atoms with Gasteiger partial charge in [-0.05, 0) is 0 Å². The van der Waals surface area contributed by atoms with E-state index in [0.717, 1.165) is 0 Å². The van der Waals surface area contributed by atoms with Crippen LogP contribution in [0.15, 0.2) is 0 Å². The Morgan fingerprint density at radius 1 is 1.08 bits per heavy atom. The Labute approximate surface area is 70.6 Å². The van der Waals surface area contributed by atoms with E-state index in [2.05, 4.69) is 5.32 Å². The number of aliphatic hydroxyl groups excluding tert-OH is 4. The highest BCUT2D eigenvalue weighted by Gasteiger charge is 2.33. The smallest absolute Gasteiger partial charge is 0.107 e. The van der Waals surface area contributed by atoms with Gasteiger partial charge in [0.05, 0.1) is 12.2 Å². The van der Waals surface area contributed by atoms with E-state index in [4.69, 9.17) is 5.11 Å². The third-order valence-corrected chi connectivity index (χ3v) is 2.22. The molecule has 0 aromatic rings. The SMILES string of the molecule is OC[C@@H]1CNC[C@@H](O)[C@H](O)[C@H]1O. The van der Waals surface area contributed by atoms with Gasteiger partial charge in [-0.2, -0.15) is 0 Å². The number of aliphatic hydroxyl groups is 4. The molecule has 1 saturated heterocycles. The van der Waals surface area contributed by atoms with E-state index in [0.29, 0.717) is 6.54 Å². The molecule has 72 valence electrons. The van der Waals surface area contributed by atoms with Crippen LogP contribution in [-0.4, -0.2) is 58.4 Å².